The van der Waals surface area contributed by atoms with Gasteiger partial charge in [-0.3, -0.25) is 0 Å². The van der Waals surface area contributed by atoms with E-state index in [0.717, 1.165) is 9.47 Å². The van der Waals surface area contributed by atoms with Crippen LogP contribution in [0.1, 0.15) is 0 Å². The fourth-order valence-electron chi connectivity index (χ4n) is 1.74. The molecule has 0 aliphatic heterocycles. The third-order valence-electron chi connectivity index (χ3n) is 3.61. The summed E-state index contributed by atoms with van der Waals surface area (Å²) in [5, 5.41) is 0. The first-order valence-corrected chi connectivity index (χ1v) is 7.35. The van der Waals surface area contributed by atoms with Crippen LogP contribution >= 0.6 is 0 Å². The highest BCUT2D eigenvalue weighted by atomic mass is 19.4. The van der Waals surface area contributed by atoms with Gasteiger partial charge in [-0.1, -0.05) is 0 Å². The van der Waals surface area contributed by atoms with Crippen molar-refractivity contribution in [3.05, 3.63) is 0 Å². The molecule has 2 nitrogen and oxygen atoms in total. The Morgan fingerprint density at radius 3 is 0.541 bits per heavy atom. The van der Waals surface area contributed by atoms with Crippen LogP contribution in [0.3, 0.4) is 0 Å². The highest BCUT2D eigenvalue weighted by Gasteiger charge is 2.91. The Hall–Kier alpha value is -1.76. The Labute approximate surface area is 183 Å². The van der Waals surface area contributed by atoms with Crippen molar-refractivity contribution in [2.45, 2.75) is 66.4 Å². The molecule has 0 aromatic carbocycles. The van der Waals surface area contributed by atoms with Gasteiger partial charge in [0.2, 0.25) is 0 Å². The Kier molecular flexibility index (Phi) is 8.21. The van der Waals surface area contributed by atoms with E-state index in [0.29, 0.717) is 0 Å². The van der Waals surface area contributed by atoms with E-state index in [-0.39, 0.29) is 0 Å². The molecule has 0 atom stereocenters. The van der Waals surface area contributed by atoms with Crippen molar-refractivity contribution in [1.29, 1.82) is 0 Å². The van der Waals surface area contributed by atoms with Crippen molar-refractivity contribution in [3.8, 4) is 0 Å². The topological polar surface area (TPSA) is 18.5 Å². The van der Waals surface area contributed by atoms with Gasteiger partial charge in [-0.25, -0.2) is 18.3 Å². The van der Waals surface area contributed by atoms with Gasteiger partial charge in [0.25, 0.3) is 0 Å². The molecule has 0 aromatic heterocycles. The maximum absolute atomic E-state index is 13.2. The lowest BCUT2D eigenvalue weighted by Crippen LogP contribution is -2.70. The molecule has 26 heteroatoms. The van der Waals surface area contributed by atoms with E-state index in [2.05, 4.69) is 0 Å². The molecule has 0 bridgehead atoms. The highest BCUT2D eigenvalue weighted by Crippen LogP contribution is 2.61. The number of hydrogen-bond acceptors (Lipinski definition) is 2. The number of ether oxygens (including phenoxy) is 2. The van der Waals surface area contributed by atoms with Crippen molar-refractivity contribution in [2.75, 3.05) is 0 Å². The van der Waals surface area contributed by atoms with Crippen molar-refractivity contribution in [3.63, 3.8) is 0 Å². The SMILES string of the molecule is FC(F)(F)C(F)(C(F)(F)F)C(F)(F)OC(F)(F)C(F)(F)C(F)(F)OC(F)(F)C(F)(C(F)(F)F)C(F)(F)F. The maximum Gasteiger partial charge on any atom is 0.440 e. The molecule has 0 heterocycles. The number of rotatable bonds is 8. The first-order valence-electron chi connectivity index (χ1n) is 7.35. The molecule has 0 rings (SSSR count). The molecule has 0 N–H and O–H groups in total. The molecule has 0 amide bonds. The molecule has 0 spiro atoms. The first kappa shape index (κ1) is 35.2. The second-order valence-electron chi connectivity index (χ2n) is 6.15. The molecular formula is C11F24O2. The lowest BCUT2D eigenvalue weighted by Gasteiger charge is -2.41. The van der Waals surface area contributed by atoms with E-state index in [1.807, 2.05) is 0 Å². The third kappa shape index (κ3) is 5.26. The summed E-state index contributed by atoms with van der Waals surface area (Å²) in [5.41, 5.74) is -17.0. The van der Waals surface area contributed by atoms with Crippen molar-refractivity contribution < 1.29 is 115 Å². The van der Waals surface area contributed by atoms with Crippen LogP contribution in [-0.2, 0) is 9.47 Å². The van der Waals surface area contributed by atoms with E-state index < -0.39 is 66.4 Å². The van der Waals surface area contributed by atoms with Crippen molar-refractivity contribution >= 4 is 0 Å². The van der Waals surface area contributed by atoms with Crippen LogP contribution in [0.15, 0.2) is 0 Å². The van der Waals surface area contributed by atoms with E-state index in [1.54, 1.807) is 0 Å². The fraction of sp³-hybridized carbons (Fsp3) is 1.00. The van der Waals surface area contributed by atoms with Gasteiger partial charge in [0.05, 0.1) is 0 Å². The van der Waals surface area contributed by atoms with Gasteiger partial charge in [-0.15, -0.1) is 0 Å². The quantitative estimate of drug-likeness (QED) is 0.259. The number of halogens is 24. The summed E-state index contributed by atoms with van der Waals surface area (Å²) in [6.07, 6.45) is -66.8. The Morgan fingerprint density at radius 2 is 0.405 bits per heavy atom. The minimum atomic E-state index is -8.73. The second-order valence-corrected chi connectivity index (χ2v) is 6.15. The van der Waals surface area contributed by atoms with Gasteiger partial charge >= 0.3 is 66.4 Å². The van der Waals surface area contributed by atoms with Crippen LogP contribution in [0.5, 0.6) is 0 Å². The summed E-state index contributed by atoms with van der Waals surface area (Å²) < 4.78 is 305. The average Bonchev–Trinajstić information content (AvgIpc) is 2.53. The van der Waals surface area contributed by atoms with E-state index in [1.165, 1.54) is 0 Å². The Morgan fingerprint density at radius 1 is 0.243 bits per heavy atom. The Balaban J connectivity index is 6.76. The largest absolute Gasteiger partial charge is 0.440 e. The van der Waals surface area contributed by atoms with Crippen molar-refractivity contribution in [2.24, 2.45) is 0 Å². The van der Waals surface area contributed by atoms with Gasteiger partial charge in [0.1, 0.15) is 0 Å². The lowest BCUT2D eigenvalue weighted by atomic mass is 10.0. The van der Waals surface area contributed by atoms with Gasteiger partial charge in [0.15, 0.2) is 0 Å². The predicted molar refractivity (Wildman–Crippen MR) is 58.8 cm³/mol. The zero-order chi connectivity index (χ0) is 30.9. The molecule has 0 saturated carbocycles. The van der Waals surface area contributed by atoms with Gasteiger partial charge in [0, 0.05) is 0 Å². The molecule has 37 heavy (non-hydrogen) atoms. The molecule has 0 aliphatic carbocycles. The molecule has 0 fully saturated rings. The third-order valence-corrected chi connectivity index (χ3v) is 3.61. The summed E-state index contributed by atoms with van der Waals surface area (Å²) in [6.45, 7) is 0. The Bertz CT molecular complexity index is 715. The predicted octanol–water partition coefficient (Wildman–Crippen LogP) is 7.69. The summed E-state index contributed by atoms with van der Waals surface area (Å²) in [5.74, 6) is -8.73. The molecule has 0 aromatic rings. The molecular weight excluding hydrogens is 620 g/mol. The second kappa shape index (κ2) is 8.62. The summed E-state index contributed by atoms with van der Waals surface area (Å²) in [7, 11) is 0. The summed E-state index contributed by atoms with van der Waals surface area (Å²) in [6, 6.07) is 0. The highest BCUT2D eigenvalue weighted by molar-refractivity contribution is 5.04. The molecule has 0 unspecified atom stereocenters. The van der Waals surface area contributed by atoms with Gasteiger partial charge in [-0.05, 0) is 0 Å². The lowest BCUT2D eigenvalue weighted by molar-refractivity contribution is -0.552. The molecule has 0 aliphatic rings. The van der Waals surface area contributed by atoms with Gasteiger partial charge < -0.3 is 0 Å². The van der Waals surface area contributed by atoms with E-state index >= 15 is 0 Å². The normalized spacial score (nSPS) is 16.9. The minimum absolute atomic E-state index is 0.855. The minimum Gasteiger partial charge on any atom is -0.247 e. The molecule has 0 radical (unpaired) electrons. The smallest absolute Gasteiger partial charge is 0.247 e. The van der Waals surface area contributed by atoms with E-state index in [9.17, 15) is 105 Å². The van der Waals surface area contributed by atoms with Crippen LogP contribution in [0.2, 0.25) is 0 Å². The number of alkyl halides is 24. The summed E-state index contributed by atoms with van der Waals surface area (Å²) >= 11 is 0. The van der Waals surface area contributed by atoms with Crippen LogP contribution in [0.25, 0.3) is 0 Å². The van der Waals surface area contributed by atoms with Crippen LogP contribution in [0, 0.1) is 0 Å². The average molecular weight is 620 g/mol. The van der Waals surface area contributed by atoms with Gasteiger partial charge in [-0.2, -0.15) is 96.6 Å². The first-order chi connectivity index (χ1) is 15.4. The standard InChI is InChI=1S/C11F24O2/c12-1(4(16,17)18,5(19,20)21)8(28,29)36-10(32,33)3(14,15)11(34,35)37-9(30,31)2(13,6(22,23)24)7(25,26)27. The van der Waals surface area contributed by atoms with E-state index in [4.69, 9.17) is 0 Å². The van der Waals surface area contributed by atoms with Crippen LogP contribution < -0.4 is 0 Å². The monoisotopic (exact) mass is 620 g/mol. The van der Waals surface area contributed by atoms with Crippen LogP contribution in [-0.4, -0.2) is 66.4 Å². The molecule has 0 saturated heterocycles. The summed E-state index contributed by atoms with van der Waals surface area (Å²) in [4.78, 5) is 0. The molecule has 224 valence electrons. The maximum atomic E-state index is 13.2. The van der Waals surface area contributed by atoms with Crippen molar-refractivity contribution in [1.82, 2.24) is 0 Å². The number of hydrogen-bond donors (Lipinski definition) is 0. The zero-order valence-electron chi connectivity index (χ0n) is 15.4. The van der Waals surface area contributed by atoms with Crippen LogP contribution in [0.4, 0.5) is 105 Å². The fourth-order valence-corrected chi connectivity index (χ4v) is 1.74. The zero-order valence-corrected chi connectivity index (χ0v) is 15.4.